The van der Waals surface area contributed by atoms with Crippen molar-refractivity contribution in [2.75, 3.05) is 5.32 Å². The van der Waals surface area contributed by atoms with Crippen LogP contribution in [0.15, 0.2) is 12.3 Å². The molecule has 1 atom stereocenters. The third-order valence-corrected chi connectivity index (χ3v) is 7.89. The molecule has 4 aliphatic rings. The van der Waals surface area contributed by atoms with E-state index in [9.17, 15) is 9.59 Å². The van der Waals surface area contributed by atoms with Crippen molar-refractivity contribution >= 4 is 28.5 Å². The summed E-state index contributed by atoms with van der Waals surface area (Å²) >= 11 is 0. The lowest BCUT2D eigenvalue weighted by atomic mass is 9.49. The molecule has 0 spiro atoms. The van der Waals surface area contributed by atoms with Gasteiger partial charge in [-0.05, 0) is 75.2 Å². The molecule has 0 aromatic carbocycles. The summed E-state index contributed by atoms with van der Waals surface area (Å²) in [6.07, 6.45) is 8.53. The number of aromatic nitrogens is 3. The van der Waals surface area contributed by atoms with Crippen molar-refractivity contribution < 1.29 is 9.59 Å². The van der Waals surface area contributed by atoms with Gasteiger partial charge >= 0.3 is 0 Å². The lowest BCUT2D eigenvalue weighted by molar-refractivity contribution is -0.148. The fourth-order valence-corrected chi connectivity index (χ4v) is 6.81. The van der Waals surface area contributed by atoms with Gasteiger partial charge in [0.25, 0.3) is 0 Å². The fraction of sp³-hybridized carbons (Fsp3) is 0.667. The molecular formula is C24H33N5O2. The van der Waals surface area contributed by atoms with E-state index in [2.05, 4.69) is 20.7 Å². The summed E-state index contributed by atoms with van der Waals surface area (Å²) in [5.74, 6) is 2.00. The van der Waals surface area contributed by atoms with Crippen molar-refractivity contribution in [3.63, 3.8) is 0 Å². The number of pyridine rings is 1. The lowest BCUT2D eigenvalue weighted by Gasteiger charge is -2.55. The van der Waals surface area contributed by atoms with E-state index >= 15 is 0 Å². The molecule has 0 aliphatic heterocycles. The van der Waals surface area contributed by atoms with E-state index in [1.54, 1.807) is 10.9 Å². The highest BCUT2D eigenvalue weighted by molar-refractivity contribution is 5.99. The quantitative estimate of drug-likeness (QED) is 0.769. The topological polar surface area (TPSA) is 88.9 Å². The van der Waals surface area contributed by atoms with Crippen molar-refractivity contribution in [3.8, 4) is 0 Å². The van der Waals surface area contributed by atoms with Gasteiger partial charge < -0.3 is 10.6 Å². The third kappa shape index (κ3) is 3.52. The van der Waals surface area contributed by atoms with Crippen molar-refractivity contribution in [1.29, 1.82) is 0 Å². The van der Waals surface area contributed by atoms with Crippen LogP contribution in [0.2, 0.25) is 0 Å². The Labute approximate surface area is 183 Å². The van der Waals surface area contributed by atoms with Crippen molar-refractivity contribution in [2.24, 2.45) is 36.1 Å². The highest BCUT2D eigenvalue weighted by atomic mass is 16.2. The lowest BCUT2D eigenvalue weighted by Crippen LogP contribution is -2.57. The second-order valence-electron chi connectivity index (χ2n) is 10.7. The summed E-state index contributed by atoms with van der Waals surface area (Å²) in [5.41, 5.74) is 2.03. The van der Waals surface area contributed by atoms with Gasteiger partial charge in [-0.3, -0.25) is 14.3 Å². The highest BCUT2D eigenvalue weighted by Gasteiger charge is 2.55. The van der Waals surface area contributed by atoms with Crippen LogP contribution < -0.4 is 10.6 Å². The predicted octanol–water partition coefficient (Wildman–Crippen LogP) is 3.57. The Kier molecular flexibility index (Phi) is 4.83. The predicted molar refractivity (Wildman–Crippen MR) is 119 cm³/mol. The smallest absolute Gasteiger partial charge is 0.247 e. The van der Waals surface area contributed by atoms with Crippen LogP contribution in [0.3, 0.4) is 0 Å². The number of hydrogen-bond donors (Lipinski definition) is 2. The van der Waals surface area contributed by atoms with Gasteiger partial charge in [-0.1, -0.05) is 13.8 Å². The van der Waals surface area contributed by atoms with Gasteiger partial charge in [-0.15, -0.1) is 0 Å². The van der Waals surface area contributed by atoms with Gasteiger partial charge in [0, 0.05) is 17.8 Å². The number of carbonyl (C=O) groups excluding carboxylic acids is 2. The minimum Gasteiger partial charge on any atom is -0.344 e. The number of rotatable bonds is 5. The minimum absolute atomic E-state index is 0.00493. The Hall–Kier alpha value is -2.44. The van der Waals surface area contributed by atoms with Crippen molar-refractivity contribution in [3.05, 3.63) is 18.0 Å². The van der Waals surface area contributed by atoms with Crippen molar-refractivity contribution in [2.45, 2.75) is 65.3 Å². The number of anilines is 1. The molecule has 4 saturated carbocycles. The van der Waals surface area contributed by atoms with E-state index < -0.39 is 6.04 Å². The van der Waals surface area contributed by atoms with Crippen LogP contribution >= 0.6 is 0 Å². The first-order valence-corrected chi connectivity index (χ1v) is 11.7. The van der Waals surface area contributed by atoms with E-state index in [0.29, 0.717) is 23.4 Å². The second kappa shape index (κ2) is 7.31. The maximum absolute atomic E-state index is 13.5. The van der Waals surface area contributed by atoms with Crippen LogP contribution in [0.25, 0.3) is 11.0 Å². The number of nitrogens with one attached hydrogen (secondary N) is 2. The molecule has 2 aromatic heterocycles. The zero-order valence-electron chi connectivity index (χ0n) is 18.9. The SMILES string of the molecule is Cc1nn(C)c2ncc(NC(=O)[C@H](NC(=O)C34CC5CC(CC(C5)C3)C4)C(C)C)cc12. The number of aryl methyl sites for hydroxylation is 2. The van der Waals surface area contributed by atoms with Crippen molar-refractivity contribution in [1.82, 2.24) is 20.1 Å². The van der Waals surface area contributed by atoms with Crippen LogP contribution in [-0.2, 0) is 16.6 Å². The zero-order valence-corrected chi connectivity index (χ0v) is 18.9. The Bertz CT molecular complexity index is 1000. The summed E-state index contributed by atoms with van der Waals surface area (Å²) in [7, 11) is 1.86. The number of amides is 2. The number of fused-ring (bicyclic) bond motifs is 1. The molecule has 2 aromatic rings. The molecule has 7 nitrogen and oxygen atoms in total. The molecule has 4 fully saturated rings. The summed E-state index contributed by atoms with van der Waals surface area (Å²) in [6.45, 7) is 5.89. The third-order valence-electron chi connectivity index (χ3n) is 7.89. The minimum atomic E-state index is -0.564. The molecule has 2 heterocycles. The Morgan fingerprint density at radius 1 is 1.13 bits per heavy atom. The highest BCUT2D eigenvalue weighted by Crippen LogP contribution is 2.60. The number of hydrogen-bond acceptors (Lipinski definition) is 4. The number of nitrogens with zero attached hydrogens (tertiary/aromatic N) is 3. The van der Waals surface area contributed by atoms with Gasteiger partial charge in [0.05, 0.1) is 17.6 Å². The second-order valence-corrected chi connectivity index (χ2v) is 10.7. The monoisotopic (exact) mass is 423 g/mol. The maximum Gasteiger partial charge on any atom is 0.247 e. The van der Waals surface area contributed by atoms with Crippen LogP contribution in [0.4, 0.5) is 5.69 Å². The van der Waals surface area contributed by atoms with Gasteiger partial charge in [0.1, 0.15) is 6.04 Å². The van der Waals surface area contributed by atoms with E-state index in [0.717, 1.165) is 36.0 Å². The summed E-state index contributed by atoms with van der Waals surface area (Å²) < 4.78 is 1.74. The molecule has 2 amide bonds. The van der Waals surface area contributed by atoms with E-state index in [4.69, 9.17) is 0 Å². The first-order chi connectivity index (χ1) is 14.7. The molecule has 6 rings (SSSR count). The summed E-state index contributed by atoms with van der Waals surface area (Å²) in [6, 6.07) is 1.34. The maximum atomic E-state index is 13.5. The van der Waals surface area contributed by atoms with Gasteiger partial charge in [0.15, 0.2) is 5.65 Å². The molecule has 0 saturated heterocycles. The van der Waals surface area contributed by atoms with Gasteiger partial charge in [-0.2, -0.15) is 5.10 Å². The average molecular weight is 424 g/mol. The van der Waals surface area contributed by atoms with Crippen LogP contribution in [-0.4, -0.2) is 32.6 Å². The Morgan fingerprint density at radius 3 is 2.32 bits per heavy atom. The summed E-state index contributed by atoms with van der Waals surface area (Å²) in [5, 5.41) is 11.4. The van der Waals surface area contributed by atoms with Crippen LogP contribution in [0, 0.1) is 36.0 Å². The molecule has 31 heavy (non-hydrogen) atoms. The average Bonchev–Trinajstić information content (AvgIpc) is 2.97. The molecule has 0 unspecified atom stereocenters. The number of carbonyl (C=O) groups is 2. The molecule has 7 heteroatoms. The van der Waals surface area contributed by atoms with Gasteiger partial charge in [0.2, 0.25) is 11.8 Å². The molecule has 4 bridgehead atoms. The van der Waals surface area contributed by atoms with E-state index in [1.807, 2.05) is 33.9 Å². The fourth-order valence-electron chi connectivity index (χ4n) is 6.81. The van der Waals surface area contributed by atoms with E-state index in [1.165, 1.54) is 19.3 Å². The Morgan fingerprint density at radius 2 is 1.74 bits per heavy atom. The largest absolute Gasteiger partial charge is 0.344 e. The molecular weight excluding hydrogens is 390 g/mol. The first kappa shape index (κ1) is 20.5. The first-order valence-electron chi connectivity index (χ1n) is 11.7. The zero-order chi connectivity index (χ0) is 21.9. The molecule has 2 N–H and O–H groups in total. The Balaban J connectivity index is 1.32. The van der Waals surface area contributed by atoms with E-state index in [-0.39, 0.29) is 23.1 Å². The molecule has 0 radical (unpaired) electrons. The normalized spacial score (nSPS) is 30.0. The van der Waals surface area contributed by atoms with Crippen LogP contribution in [0.5, 0.6) is 0 Å². The van der Waals surface area contributed by atoms with Gasteiger partial charge in [-0.25, -0.2) is 4.98 Å². The standard InChI is InChI=1S/C24H33N5O2/c1-13(2)20(22(30)26-18-8-19-14(3)28-29(4)21(19)25-12-18)27-23(31)24-9-15-5-16(10-24)7-17(6-15)11-24/h8,12-13,15-17,20H,5-7,9-11H2,1-4H3,(H,26,30)(H,27,31)/t15?,16?,17?,20-,24?/m1/s1. The molecule has 4 aliphatic carbocycles. The summed E-state index contributed by atoms with van der Waals surface area (Å²) in [4.78, 5) is 31.1. The molecule has 166 valence electrons. The van der Waals surface area contributed by atoms with Crippen LogP contribution in [0.1, 0.15) is 58.1 Å².